The molecule has 0 radical (unpaired) electrons. The van der Waals surface area contributed by atoms with Crippen LogP contribution in [0.2, 0.25) is 0 Å². The Balaban J connectivity index is 2.11. The van der Waals surface area contributed by atoms with E-state index >= 15 is 0 Å². The molecule has 0 saturated carbocycles. The van der Waals surface area contributed by atoms with Crippen LogP contribution in [0.3, 0.4) is 0 Å². The largest absolute Gasteiger partial charge is 0.493 e. The zero-order chi connectivity index (χ0) is 17.7. The highest BCUT2D eigenvalue weighted by molar-refractivity contribution is 5.83. The van der Waals surface area contributed by atoms with Gasteiger partial charge in [-0.2, -0.15) is 0 Å². The number of fused-ring (bicyclic) bond motifs is 1. The standard InChI is InChI=1S/C18H25NO5/c1-11(2)8-19-9-13(20)10-23-17-7-15-14(6-16(17)22-4)12(3)5-18(21)24-15/h5-7,11,13,19-20H,8-10H2,1-4H3. The van der Waals surface area contributed by atoms with Crippen molar-refractivity contribution in [1.82, 2.24) is 5.32 Å². The van der Waals surface area contributed by atoms with Gasteiger partial charge in [0.15, 0.2) is 11.5 Å². The van der Waals surface area contributed by atoms with Crippen molar-refractivity contribution in [2.75, 3.05) is 26.8 Å². The number of aliphatic hydroxyl groups is 1. The molecule has 1 heterocycles. The highest BCUT2D eigenvalue weighted by Crippen LogP contribution is 2.33. The van der Waals surface area contributed by atoms with Gasteiger partial charge in [-0.15, -0.1) is 0 Å². The van der Waals surface area contributed by atoms with Crippen LogP contribution in [0.25, 0.3) is 11.0 Å². The number of rotatable bonds is 8. The fourth-order valence-corrected chi connectivity index (χ4v) is 2.38. The lowest BCUT2D eigenvalue weighted by atomic mass is 10.1. The van der Waals surface area contributed by atoms with Crippen LogP contribution < -0.4 is 20.4 Å². The molecule has 2 rings (SSSR count). The van der Waals surface area contributed by atoms with Crippen LogP contribution >= 0.6 is 0 Å². The third-order valence-electron chi connectivity index (χ3n) is 3.60. The molecular weight excluding hydrogens is 310 g/mol. The van der Waals surface area contributed by atoms with Crippen molar-refractivity contribution < 1.29 is 19.0 Å². The molecule has 24 heavy (non-hydrogen) atoms. The number of aryl methyl sites for hydroxylation is 1. The van der Waals surface area contributed by atoms with Crippen molar-refractivity contribution in [2.24, 2.45) is 5.92 Å². The first-order valence-corrected chi connectivity index (χ1v) is 8.04. The maximum absolute atomic E-state index is 11.5. The first-order valence-electron chi connectivity index (χ1n) is 8.04. The Morgan fingerprint density at radius 3 is 2.62 bits per heavy atom. The molecule has 0 saturated heterocycles. The molecule has 0 spiro atoms. The lowest BCUT2D eigenvalue weighted by molar-refractivity contribution is 0.104. The highest BCUT2D eigenvalue weighted by atomic mass is 16.5. The van der Waals surface area contributed by atoms with E-state index in [1.807, 2.05) is 6.92 Å². The van der Waals surface area contributed by atoms with Crippen molar-refractivity contribution in [1.29, 1.82) is 0 Å². The molecule has 2 N–H and O–H groups in total. The van der Waals surface area contributed by atoms with Crippen molar-refractivity contribution in [2.45, 2.75) is 26.9 Å². The molecule has 6 heteroatoms. The quantitative estimate of drug-likeness (QED) is 0.719. The van der Waals surface area contributed by atoms with Crippen molar-refractivity contribution >= 4 is 11.0 Å². The van der Waals surface area contributed by atoms with E-state index in [0.717, 1.165) is 17.5 Å². The lowest BCUT2D eigenvalue weighted by Crippen LogP contribution is -2.33. The van der Waals surface area contributed by atoms with Gasteiger partial charge in [-0.3, -0.25) is 0 Å². The first kappa shape index (κ1) is 18.3. The van der Waals surface area contributed by atoms with E-state index in [0.29, 0.717) is 29.5 Å². The minimum absolute atomic E-state index is 0.114. The molecule has 0 aliphatic rings. The number of methoxy groups -OCH3 is 1. The van der Waals surface area contributed by atoms with Gasteiger partial charge in [0.1, 0.15) is 18.3 Å². The smallest absolute Gasteiger partial charge is 0.336 e. The Morgan fingerprint density at radius 1 is 1.21 bits per heavy atom. The van der Waals surface area contributed by atoms with Crippen LogP contribution in [0.1, 0.15) is 19.4 Å². The summed E-state index contributed by atoms with van der Waals surface area (Å²) in [7, 11) is 1.54. The van der Waals surface area contributed by atoms with Crippen molar-refractivity contribution in [3.8, 4) is 11.5 Å². The molecule has 1 unspecified atom stereocenters. The molecule has 1 aromatic carbocycles. The van der Waals surface area contributed by atoms with Gasteiger partial charge >= 0.3 is 5.63 Å². The van der Waals surface area contributed by atoms with Gasteiger partial charge in [-0.25, -0.2) is 4.79 Å². The van der Waals surface area contributed by atoms with Gasteiger partial charge in [0.05, 0.1) is 7.11 Å². The number of ether oxygens (including phenoxy) is 2. The summed E-state index contributed by atoms with van der Waals surface area (Å²) in [4.78, 5) is 11.5. The van der Waals surface area contributed by atoms with E-state index in [4.69, 9.17) is 13.9 Å². The van der Waals surface area contributed by atoms with Crippen LogP contribution in [0.15, 0.2) is 27.4 Å². The Hall–Kier alpha value is -2.05. The maximum atomic E-state index is 11.5. The average molecular weight is 335 g/mol. The fourth-order valence-electron chi connectivity index (χ4n) is 2.38. The van der Waals surface area contributed by atoms with E-state index in [2.05, 4.69) is 19.2 Å². The van der Waals surface area contributed by atoms with Crippen LogP contribution in [-0.4, -0.2) is 38.0 Å². The van der Waals surface area contributed by atoms with E-state index in [1.54, 1.807) is 19.2 Å². The molecule has 0 bridgehead atoms. The minimum atomic E-state index is -0.645. The summed E-state index contributed by atoms with van der Waals surface area (Å²) in [5.41, 5.74) is 0.835. The summed E-state index contributed by atoms with van der Waals surface area (Å²) in [5, 5.41) is 13.9. The normalized spacial score (nSPS) is 12.6. The second kappa shape index (κ2) is 8.17. The SMILES string of the molecule is COc1cc2c(C)cc(=O)oc2cc1OCC(O)CNCC(C)C. The van der Waals surface area contributed by atoms with Gasteiger partial charge < -0.3 is 24.3 Å². The van der Waals surface area contributed by atoms with Crippen LogP contribution in [0.5, 0.6) is 11.5 Å². The van der Waals surface area contributed by atoms with Crippen LogP contribution in [0, 0.1) is 12.8 Å². The van der Waals surface area contributed by atoms with Gasteiger partial charge in [0.2, 0.25) is 0 Å². The third kappa shape index (κ3) is 4.72. The number of hydrogen-bond acceptors (Lipinski definition) is 6. The predicted molar refractivity (Wildman–Crippen MR) is 93.0 cm³/mol. The van der Waals surface area contributed by atoms with E-state index in [1.165, 1.54) is 6.07 Å². The van der Waals surface area contributed by atoms with Gasteiger partial charge in [0, 0.05) is 24.1 Å². The van der Waals surface area contributed by atoms with E-state index < -0.39 is 11.7 Å². The lowest BCUT2D eigenvalue weighted by Gasteiger charge is -2.16. The number of hydrogen-bond donors (Lipinski definition) is 2. The number of aliphatic hydroxyl groups excluding tert-OH is 1. The molecule has 6 nitrogen and oxygen atoms in total. The monoisotopic (exact) mass is 335 g/mol. The Bertz CT molecular complexity index is 738. The highest BCUT2D eigenvalue weighted by Gasteiger charge is 2.13. The van der Waals surface area contributed by atoms with Gasteiger partial charge in [-0.05, 0) is 31.0 Å². The number of nitrogens with one attached hydrogen (secondary N) is 1. The van der Waals surface area contributed by atoms with Crippen LogP contribution in [0.4, 0.5) is 0 Å². The summed E-state index contributed by atoms with van der Waals surface area (Å²) in [6, 6.07) is 4.83. The Morgan fingerprint density at radius 2 is 1.96 bits per heavy atom. The molecule has 0 aliphatic carbocycles. The molecule has 0 amide bonds. The van der Waals surface area contributed by atoms with Crippen molar-refractivity contribution in [3.63, 3.8) is 0 Å². The second-order valence-corrected chi connectivity index (χ2v) is 6.26. The molecule has 1 aromatic heterocycles. The molecule has 0 aliphatic heterocycles. The molecule has 2 aromatic rings. The second-order valence-electron chi connectivity index (χ2n) is 6.26. The average Bonchev–Trinajstić information content (AvgIpc) is 2.51. The fraction of sp³-hybridized carbons (Fsp3) is 0.500. The molecular formula is C18H25NO5. The topological polar surface area (TPSA) is 80.9 Å². The summed E-state index contributed by atoms with van der Waals surface area (Å²) >= 11 is 0. The Labute approximate surface area is 141 Å². The van der Waals surface area contributed by atoms with E-state index in [-0.39, 0.29) is 6.61 Å². The summed E-state index contributed by atoms with van der Waals surface area (Å²) < 4.78 is 16.2. The summed E-state index contributed by atoms with van der Waals surface area (Å²) in [5.74, 6) is 1.48. The van der Waals surface area contributed by atoms with Crippen molar-refractivity contribution in [3.05, 3.63) is 34.2 Å². The Kier molecular flexibility index (Phi) is 6.23. The molecule has 0 fully saturated rings. The third-order valence-corrected chi connectivity index (χ3v) is 3.60. The zero-order valence-electron chi connectivity index (χ0n) is 14.6. The summed E-state index contributed by atoms with van der Waals surface area (Å²) in [6.45, 7) is 7.44. The first-order chi connectivity index (χ1) is 11.4. The zero-order valence-corrected chi connectivity index (χ0v) is 14.6. The minimum Gasteiger partial charge on any atom is -0.493 e. The maximum Gasteiger partial charge on any atom is 0.336 e. The summed E-state index contributed by atoms with van der Waals surface area (Å²) in [6.07, 6.45) is -0.645. The molecule has 1 atom stereocenters. The predicted octanol–water partition coefficient (Wildman–Crippen LogP) is 2.10. The van der Waals surface area contributed by atoms with Gasteiger partial charge in [0.25, 0.3) is 0 Å². The molecule has 132 valence electrons. The van der Waals surface area contributed by atoms with Gasteiger partial charge in [-0.1, -0.05) is 13.8 Å². The number of benzene rings is 1. The van der Waals surface area contributed by atoms with Crippen LogP contribution in [-0.2, 0) is 0 Å². The van der Waals surface area contributed by atoms with E-state index in [9.17, 15) is 9.90 Å².